The van der Waals surface area contributed by atoms with Gasteiger partial charge in [0.15, 0.2) is 0 Å². The van der Waals surface area contributed by atoms with Crippen molar-refractivity contribution in [1.82, 2.24) is 10.3 Å². The molecule has 0 fully saturated rings. The molecule has 0 aliphatic heterocycles. The van der Waals surface area contributed by atoms with Crippen LogP contribution in [-0.4, -0.2) is 24.0 Å². The van der Waals surface area contributed by atoms with Gasteiger partial charge in [-0.05, 0) is 32.2 Å². The van der Waals surface area contributed by atoms with Crippen molar-refractivity contribution < 1.29 is 4.79 Å². The molecule has 1 aromatic heterocycles. The predicted octanol–water partition coefficient (Wildman–Crippen LogP) is 1.03. The van der Waals surface area contributed by atoms with Crippen LogP contribution in [0.3, 0.4) is 0 Å². The van der Waals surface area contributed by atoms with Crippen LogP contribution in [0.5, 0.6) is 0 Å². The van der Waals surface area contributed by atoms with E-state index in [-0.39, 0.29) is 5.91 Å². The Morgan fingerprint density at radius 2 is 2.35 bits per heavy atom. The lowest BCUT2D eigenvalue weighted by atomic mass is 10.3. The van der Waals surface area contributed by atoms with E-state index >= 15 is 0 Å². The molecule has 0 saturated heterocycles. The van der Waals surface area contributed by atoms with Crippen LogP contribution in [-0.2, 0) is 24.1 Å². The molecule has 0 spiro atoms. The van der Waals surface area contributed by atoms with E-state index in [1.54, 1.807) is 0 Å². The molecule has 3 N–H and O–H groups in total. The molecule has 0 radical (unpaired) electrons. The summed E-state index contributed by atoms with van der Waals surface area (Å²) in [6.45, 7) is 1.27. The van der Waals surface area contributed by atoms with Crippen molar-refractivity contribution in [2.75, 3.05) is 13.1 Å². The third kappa shape index (κ3) is 3.51. The SMILES string of the molecule is NCCCC(=O)NCCc1nc2c(s1)CCC2. The van der Waals surface area contributed by atoms with E-state index in [1.807, 2.05) is 11.3 Å². The molecule has 1 amide bonds. The van der Waals surface area contributed by atoms with Crippen molar-refractivity contribution in [3.05, 3.63) is 15.6 Å². The van der Waals surface area contributed by atoms with E-state index in [1.165, 1.54) is 23.4 Å². The first kappa shape index (κ1) is 12.5. The Morgan fingerprint density at radius 3 is 3.12 bits per heavy atom. The summed E-state index contributed by atoms with van der Waals surface area (Å²) in [4.78, 5) is 17.4. The third-order valence-electron chi connectivity index (χ3n) is 2.91. The highest BCUT2D eigenvalue weighted by Gasteiger charge is 2.16. The molecule has 94 valence electrons. The first-order valence-electron chi connectivity index (χ1n) is 6.24. The van der Waals surface area contributed by atoms with E-state index < -0.39 is 0 Å². The highest BCUT2D eigenvalue weighted by Crippen LogP contribution is 2.27. The van der Waals surface area contributed by atoms with Gasteiger partial charge in [-0.2, -0.15) is 0 Å². The second-order valence-electron chi connectivity index (χ2n) is 4.32. The number of hydrogen-bond acceptors (Lipinski definition) is 4. The lowest BCUT2D eigenvalue weighted by molar-refractivity contribution is -0.121. The third-order valence-corrected chi connectivity index (χ3v) is 4.13. The monoisotopic (exact) mass is 253 g/mol. The quantitative estimate of drug-likeness (QED) is 0.795. The molecule has 0 bridgehead atoms. The van der Waals surface area contributed by atoms with Crippen LogP contribution in [0.15, 0.2) is 0 Å². The van der Waals surface area contributed by atoms with Crippen molar-refractivity contribution in [1.29, 1.82) is 0 Å². The molecule has 5 heteroatoms. The van der Waals surface area contributed by atoms with Gasteiger partial charge in [-0.15, -0.1) is 11.3 Å². The van der Waals surface area contributed by atoms with Gasteiger partial charge in [-0.3, -0.25) is 4.79 Å². The predicted molar refractivity (Wildman–Crippen MR) is 69.1 cm³/mol. The lowest BCUT2D eigenvalue weighted by Gasteiger charge is -2.02. The molecular weight excluding hydrogens is 234 g/mol. The standard InChI is InChI=1S/C12H19N3OS/c13-7-2-5-11(16)14-8-6-12-15-9-3-1-4-10(9)17-12/h1-8,13H2,(H,14,16). The van der Waals surface area contributed by atoms with Crippen LogP contribution >= 0.6 is 11.3 Å². The first-order valence-corrected chi connectivity index (χ1v) is 7.05. The van der Waals surface area contributed by atoms with Gasteiger partial charge in [0.2, 0.25) is 5.91 Å². The minimum absolute atomic E-state index is 0.0968. The van der Waals surface area contributed by atoms with Gasteiger partial charge >= 0.3 is 0 Å². The number of nitrogens with one attached hydrogen (secondary N) is 1. The Labute approximate surface area is 106 Å². The number of carbonyl (C=O) groups is 1. The Kier molecular flexibility index (Phi) is 4.50. The maximum Gasteiger partial charge on any atom is 0.220 e. The number of thiazole rings is 1. The zero-order valence-electron chi connectivity index (χ0n) is 10.00. The van der Waals surface area contributed by atoms with Crippen LogP contribution in [0.1, 0.15) is 34.8 Å². The number of aryl methyl sites for hydroxylation is 2. The molecule has 1 aromatic rings. The van der Waals surface area contributed by atoms with Gasteiger partial charge in [-0.25, -0.2) is 4.98 Å². The number of amides is 1. The summed E-state index contributed by atoms with van der Waals surface area (Å²) in [7, 11) is 0. The van der Waals surface area contributed by atoms with Crippen LogP contribution in [0.25, 0.3) is 0 Å². The fraction of sp³-hybridized carbons (Fsp3) is 0.667. The summed E-state index contributed by atoms with van der Waals surface area (Å²) in [6, 6.07) is 0. The molecule has 1 aliphatic rings. The van der Waals surface area contributed by atoms with Gasteiger partial charge in [0.1, 0.15) is 0 Å². The van der Waals surface area contributed by atoms with Gasteiger partial charge < -0.3 is 11.1 Å². The molecule has 0 aromatic carbocycles. The zero-order valence-corrected chi connectivity index (χ0v) is 10.8. The highest BCUT2D eigenvalue weighted by molar-refractivity contribution is 7.11. The fourth-order valence-electron chi connectivity index (χ4n) is 2.01. The van der Waals surface area contributed by atoms with Crippen molar-refractivity contribution in [2.24, 2.45) is 5.73 Å². The van der Waals surface area contributed by atoms with Gasteiger partial charge in [0.05, 0.1) is 10.7 Å². The average molecular weight is 253 g/mol. The number of nitrogens with two attached hydrogens (primary N) is 1. The summed E-state index contributed by atoms with van der Waals surface area (Å²) in [5.74, 6) is 0.0968. The Morgan fingerprint density at radius 1 is 1.47 bits per heavy atom. The maximum atomic E-state index is 11.3. The topological polar surface area (TPSA) is 68.0 Å². The molecule has 4 nitrogen and oxygen atoms in total. The molecule has 0 atom stereocenters. The lowest BCUT2D eigenvalue weighted by Crippen LogP contribution is -2.25. The number of hydrogen-bond donors (Lipinski definition) is 2. The summed E-state index contributed by atoms with van der Waals surface area (Å²) < 4.78 is 0. The Bertz CT molecular complexity index is 368. The Hall–Kier alpha value is -0.940. The van der Waals surface area contributed by atoms with Crippen molar-refractivity contribution in [2.45, 2.75) is 38.5 Å². The van der Waals surface area contributed by atoms with Crippen LogP contribution < -0.4 is 11.1 Å². The molecule has 0 unspecified atom stereocenters. The van der Waals surface area contributed by atoms with Crippen LogP contribution in [0.4, 0.5) is 0 Å². The number of aromatic nitrogens is 1. The van der Waals surface area contributed by atoms with Gasteiger partial charge in [0, 0.05) is 24.3 Å². The molecule has 1 heterocycles. The minimum Gasteiger partial charge on any atom is -0.356 e. The molecule has 2 rings (SSSR count). The van der Waals surface area contributed by atoms with Crippen LogP contribution in [0.2, 0.25) is 0 Å². The molecule has 1 aliphatic carbocycles. The minimum atomic E-state index is 0.0968. The summed E-state index contributed by atoms with van der Waals surface area (Å²) in [5, 5.41) is 4.06. The molecule has 17 heavy (non-hydrogen) atoms. The number of rotatable bonds is 6. The normalized spacial score (nSPS) is 13.7. The highest BCUT2D eigenvalue weighted by atomic mass is 32.1. The van der Waals surface area contributed by atoms with E-state index in [0.29, 0.717) is 19.5 Å². The van der Waals surface area contributed by atoms with E-state index in [9.17, 15) is 4.79 Å². The van der Waals surface area contributed by atoms with Crippen LogP contribution in [0, 0.1) is 0 Å². The average Bonchev–Trinajstić information content (AvgIpc) is 2.86. The molecular formula is C12H19N3OS. The van der Waals surface area contributed by atoms with Gasteiger partial charge in [0.25, 0.3) is 0 Å². The fourth-order valence-corrected chi connectivity index (χ4v) is 3.17. The number of fused-ring (bicyclic) bond motifs is 1. The second kappa shape index (κ2) is 6.12. The number of carbonyl (C=O) groups excluding carboxylic acids is 1. The summed E-state index contributed by atoms with van der Waals surface area (Å²) >= 11 is 1.81. The van der Waals surface area contributed by atoms with E-state index in [4.69, 9.17) is 5.73 Å². The van der Waals surface area contributed by atoms with Crippen molar-refractivity contribution in [3.63, 3.8) is 0 Å². The van der Waals surface area contributed by atoms with E-state index in [0.717, 1.165) is 24.3 Å². The zero-order chi connectivity index (χ0) is 12.1. The summed E-state index contributed by atoms with van der Waals surface area (Å²) in [5.41, 5.74) is 6.64. The number of nitrogens with zero attached hydrogens (tertiary/aromatic N) is 1. The van der Waals surface area contributed by atoms with Crippen molar-refractivity contribution >= 4 is 17.2 Å². The van der Waals surface area contributed by atoms with Gasteiger partial charge in [-0.1, -0.05) is 0 Å². The van der Waals surface area contributed by atoms with Crippen molar-refractivity contribution in [3.8, 4) is 0 Å². The smallest absolute Gasteiger partial charge is 0.220 e. The van der Waals surface area contributed by atoms with E-state index in [2.05, 4.69) is 10.3 Å². The summed E-state index contributed by atoms with van der Waals surface area (Å²) in [6.07, 6.45) is 5.73. The Balaban J connectivity index is 1.69. The molecule has 0 saturated carbocycles. The largest absolute Gasteiger partial charge is 0.356 e. The maximum absolute atomic E-state index is 11.3. The second-order valence-corrected chi connectivity index (χ2v) is 5.49. The first-order chi connectivity index (χ1) is 8.29.